The molecular formula is C15H19NS. The summed E-state index contributed by atoms with van der Waals surface area (Å²) in [5, 5.41) is 3.59. The molecule has 0 saturated carbocycles. The van der Waals surface area contributed by atoms with Crippen molar-refractivity contribution in [1.29, 1.82) is 0 Å². The minimum atomic E-state index is 0.370. The Labute approximate surface area is 108 Å². The zero-order valence-electron chi connectivity index (χ0n) is 10.9. The molecule has 1 aromatic carbocycles. The molecule has 1 heterocycles. The van der Waals surface area contributed by atoms with Crippen molar-refractivity contribution >= 4 is 17.0 Å². The molecule has 90 valence electrons. The molecule has 1 N–H and O–H groups in total. The van der Waals surface area contributed by atoms with Crippen LogP contribution in [0.25, 0.3) is 0 Å². The van der Waals surface area contributed by atoms with Crippen molar-refractivity contribution in [1.82, 2.24) is 0 Å². The van der Waals surface area contributed by atoms with Crippen molar-refractivity contribution in [3.05, 3.63) is 51.2 Å². The molecule has 0 spiro atoms. The van der Waals surface area contributed by atoms with Gasteiger partial charge in [-0.1, -0.05) is 12.1 Å². The van der Waals surface area contributed by atoms with Crippen LogP contribution in [0.2, 0.25) is 0 Å². The second-order valence-electron chi connectivity index (χ2n) is 4.63. The van der Waals surface area contributed by atoms with E-state index in [2.05, 4.69) is 63.3 Å². The summed E-state index contributed by atoms with van der Waals surface area (Å²) in [5.41, 5.74) is 3.84. The Morgan fingerprint density at radius 2 is 1.82 bits per heavy atom. The predicted octanol–water partition coefficient (Wildman–Crippen LogP) is 4.85. The number of hydrogen-bond acceptors (Lipinski definition) is 2. The van der Waals surface area contributed by atoms with Crippen LogP contribution in [0.3, 0.4) is 0 Å². The van der Waals surface area contributed by atoms with Crippen LogP contribution in [0.15, 0.2) is 30.3 Å². The van der Waals surface area contributed by atoms with Crippen LogP contribution < -0.4 is 5.32 Å². The largest absolute Gasteiger partial charge is 0.377 e. The molecule has 0 saturated heterocycles. The third kappa shape index (κ3) is 2.89. The summed E-state index contributed by atoms with van der Waals surface area (Å²) in [7, 11) is 0. The lowest BCUT2D eigenvalue weighted by atomic mass is 10.1. The number of hydrogen-bond donors (Lipinski definition) is 1. The topological polar surface area (TPSA) is 12.0 Å². The highest BCUT2D eigenvalue weighted by Gasteiger charge is 2.08. The van der Waals surface area contributed by atoms with E-state index in [9.17, 15) is 0 Å². The summed E-state index contributed by atoms with van der Waals surface area (Å²) in [6.45, 7) is 8.64. The molecule has 17 heavy (non-hydrogen) atoms. The van der Waals surface area contributed by atoms with Gasteiger partial charge in [0.1, 0.15) is 0 Å². The van der Waals surface area contributed by atoms with Gasteiger partial charge >= 0.3 is 0 Å². The minimum Gasteiger partial charge on any atom is -0.377 e. The van der Waals surface area contributed by atoms with Crippen molar-refractivity contribution in [2.24, 2.45) is 0 Å². The quantitative estimate of drug-likeness (QED) is 0.815. The number of thiophene rings is 1. The number of rotatable bonds is 3. The summed E-state index contributed by atoms with van der Waals surface area (Å²) >= 11 is 1.86. The highest BCUT2D eigenvalue weighted by Crippen LogP contribution is 2.27. The standard InChI is InChI=1S/C15H19NS/c1-10-5-6-11(2)14(9-10)16-13(4)15-8-7-12(3)17-15/h5-9,13,16H,1-4H3. The van der Waals surface area contributed by atoms with Gasteiger partial charge in [0.25, 0.3) is 0 Å². The fourth-order valence-corrected chi connectivity index (χ4v) is 2.76. The highest BCUT2D eigenvalue weighted by atomic mass is 32.1. The Hall–Kier alpha value is -1.28. The second kappa shape index (κ2) is 4.92. The fraction of sp³-hybridized carbons (Fsp3) is 0.333. The third-order valence-electron chi connectivity index (χ3n) is 2.95. The second-order valence-corrected chi connectivity index (χ2v) is 5.95. The van der Waals surface area contributed by atoms with E-state index >= 15 is 0 Å². The molecule has 0 radical (unpaired) electrons. The zero-order valence-corrected chi connectivity index (χ0v) is 11.7. The summed E-state index contributed by atoms with van der Waals surface area (Å²) in [5.74, 6) is 0. The van der Waals surface area contributed by atoms with Crippen molar-refractivity contribution in [3.63, 3.8) is 0 Å². The molecule has 1 nitrogen and oxygen atoms in total. The highest BCUT2D eigenvalue weighted by molar-refractivity contribution is 7.12. The van der Waals surface area contributed by atoms with E-state index in [0.717, 1.165) is 0 Å². The van der Waals surface area contributed by atoms with E-state index in [1.54, 1.807) is 0 Å². The van der Waals surface area contributed by atoms with Gasteiger partial charge in [-0.2, -0.15) is 0 Å². The molecule has 0 aliphatic heterocycles. The molecule has 2 heteroatoms. The van der Waals surface area contributed by atoms with Crippen molar-refractivity contribution < 1.29 is 0 Å². The maximum absolute atomic E-state index is 3.59. The molecule has 0 aliphatic carbocycles. The summed E-state index contributed by atoms with van der Waals surface area (Å²) in [6.07, 6.45) is 0. The average molecular weight is 245 g/mol. The SMILES string of the molecule is Cc1ccc(C)c(NC(C)c2ccc(C)s2)c1. The molecule has 1 unspecified atom stereocenters. The van der Waals surface area contributed by atoms with E-state index in [4.69, 9.17) is 0 Å². The van der Waals surface area contributed by atoms with E-state index in [1.807, 2.05) is 11.3 Å². The molecule has 0 amide bonds. The van der Waals surface area contributed by atoms with Crippen LogP contribution in [0.4, 0.5) is 5.69 Å². The average Bonchev–Trinajstić information content (AvgIpc) is 2.70. The Morgan fingerprint density at radius 1 is 1.06 bits per heavy atom. The Morgan fingerprint density at radius 3 is 2.47 bits per heavy atom. The lowest BCUT2D eigenvalue weighted by Gasteiger charge is -2.16. The van der Waals surface area contributed by atoms with Gasteiger partial charge in [0.15, 0.2) is 0 Å². The van der Waals surface area contributed by atoms with Gasteiger partial charge in [0, 0.05) is 15.4 Å². The molecule has 2 rings (SSSR count). The van der Waals surface area contributed by atoms with E-state index in [1.165, 1.54) is 26.6 Å². The number of nitrogens with one attached hydrogen (secondary N) is 1. The van der Waals surface area contributed by atoms with Crippen LogP contribution in [0.1, 0.15) is 33.8 Å². The first-order chi connectivity index (χ1) is 8.06. The molecule has 0 bridgehead atoms. The molecule has 0 fully saturated rings. The van der Waals surface area contributed by atoms with E-state index < -0.39 is 0 Å². The first-order valence-electron chi connectivity index (χ1n) is 5.96. The van der Waals surface area contributed by atoms with Crippen LogP contribution in [0, 0.1) is 20.8 Å². The van der Waals surface area contributed by atoms with Crippen molar-refractivity contribution in [2.75, 3.05) is 5.32 Å². The summed E-state index contributed by atoms with van der Waals surface area (Å²) < 4.78 is 0. The minimum absolute atomic E-state index is 0.370. The van der Waals surface area contributed by atoms with Gasteiger partial charge in [-0.3, -0.25) is 0 Å². The molecular weight excluding hydrogens is 226 g/mol. The van der Waals surface area contributed by atoms with Gasteiger partial charge < -0.3 is 5.32 Å². The third-order valence-corrected chi connectivity index (χ3v) is 4.14. The lowest BCUT2D eigenvalue weighted by molar-refractivity contribution is 0.905. The fourth-order valence-electron chi connectivity index (χ4n) is 1.88. The monoisotopic (exact) mass is 245 g/mol. The summed E-state index contributed by atoms with van der Waals surface area (Å²) in [4.78, 5) is 2.76. The van der Waals surface area contributed by atoms with Gasteiger partial charge in [0.2, 0.25) is 0 Å². The Bertz CT molecular complexity index is 513. The maximum atomic E-state index is 3.59. The van der Waals surface area contributed by atoms with Crippen molar-refractivity contribution in [2.45, 2.75) is 33.7 Å². The normalized spacial score (nSPS) is 12.5. The zero-order chi connectivity index (χ0) is 12.4. The maximum Gasteiger partial charge on any atom is 0.0578 e. The van der Waals surface area contributed by atoms with Crippen LogP contribution in [-0.2, 0) is 0 Å². The molecule has 1 aromatic heterocycles. The lowest BCUT2D eigenvalue weighted by Crippen LogP contribution is -2.06. The smallest absolute Gasteiger partial charge is 0.0578 e. The van der Waals surface area contributed by atoms with Crippen LogP contribution >= 0.6 is 11.3 Å². The number of aryl methyl sites for hydroxylation is 3. The molecule has 0 aliphatic rings. The summed E-state index contributed by atoms with van der Waals surface area (Å²) in [6, 6.07) is 11.3. The van der Waals surface area contributed by atoms with E-state index in [0.29, 0.717) is 6.04 Å². The first kappa shape index (κ1) is 12.2. The van der Waals surface area contributed by atoms with Gasteiger partial charge in [-0.05, 0) is 57.0 Å². The number of benzene rings is 1. The van der Waals surface area contributed by atoms with Gasteiger partial charge in [-0.25, -0.2) is 0 Å². The van der Waals surface area contributed by atoms with Gasteiger partial charge in [-0.15, -0.1) is 11.3 Å². The number of anilines is 1. The van der Waals surface area contributed by atoms with E-state index in [-0.39, 0.29) is 0 Å². The molecule has 1 atom stereocenters. The first-order valence-corrected chi connectivity index (χ1v) is 6.78. The predicted molar refractivity (Wildman–Crippen MR) is 77.0 cm³/mol. The Balaban J connectivity index is 2.18. The van der Waals surface area contributed by atoms with Crippen molar-refractivity contribution in [3.8, 4) is 0 Å². The molecule has 2 aromatic rings. The van der Waals surface area contributed by atoms with Gasteiger partial charge in [0.05, 0.1) is 6.04 Å². The van der Waals surface area contributed by atoms with Crippen LogP contribution in [0.5, 0.6) is 0 Å². The Kier molecular flexibility index (Phi) is 3.53. The van der Waals surface area contributed by atoms with Crippen LogP contribution in [-0.4, -0.2) is 0 Å².